The normalized spacial score (nSPS) is 26.3. The fourth-order valence-corrected chi connectivity index (χ4v) is 2.75. The third-order valence-electron chi connectivity index (χ3n) is 2.91. The van der Waals surface area contributed by atoms with Crippen LogP contribution in [0.2, 0.25) is 0 Å². The van der Waals surface area contributed by atoms with Crippen LogP contribution in [-0.2, 0) is 10.0 Å². The van der Waals surface area contributed by atoms with E-state index < -0.39 is 10.0 Å². The highest BCUT2D eigenvalue weighted by atomic mass is 32.2. The third-order valence-corrected chi connectivity index (χ3v) is 4.41. The minimum atomic E-state index is -3.18. The van der Waals surface area contributed by atoms with Crippen LogP contribution in [0.1, 0.15) is 12.8 Å². The summed E-state index contributed by atoms with van der Waals surface area (Å²) in [5.41, 5.74) is 0. The molecule has 2 fully saturated rings. The van der Waals surface area contributed by atoms with Gasteiger partial charge in [0.1, 0.15) is 0 Å². The van der Waals surface area contributed by atoms with Crippen molar-refractivity contribution in [3.05, 3.63) is 12.0 Å². The van der Waals surface area contributed by atoms with E-state index in [4.69, 9.17) is 0 Å². The molecule has 1 aliphatic heterocycles. The molecule has 1 heterocycles. The summed E-state index contributed by atoms with van der Waals surface area (Å²) in [6.07, 6.45) is 2.57. The number of nitrogens with zero attached hydrogens (tertiary/aromatic N) is 2. The van der Waals surface area contributed by atoms with Crippen molar-refractivity contribution in [1.29, 1.82) is 0 Å². The molecule has 0 aromatic heterocycles. The molecule has 0 amide bonds. The molecule has 0 aromatic carbocycles. The summed E-state index contributed by atoms with van der Waals surface area (Å²) in [6, 6.07) is 0.739. The molecule has 4 nitrogen and oxygen atoms in total. The molecule has 0 radical (unpaired) electrons. The smallest absolute Gasteiger partial charge is 0.235 e. The summed E-state index contributed by atoms with van der Waals surface area (Å²) >= 11 is 0. The highest BCUT2D eigenvalue weighted by Gasteiger charge is 2.33. The van der Waals surface area contributed by atoms with Crippen LogP contribution in [0, 0.1) is 0 Å². The summed E-state index contributed by atoms with van der Waals surface area (Å²) in [7, 11) is -3.18. The summed E-state index contributed by atoms with van der Waals surface area (Å²) in [6.45, 7) is 6.31. The average molecular weight is 216 g/mol. The maximum atomic E-state index is 11.4. The first-order valence-electron chi connectivity index (χ1n) is 5.00. The second-order valence-electron chi connectivity index (χ2n) is 3.88. The highest BCUT2D eigenvalue weighted by molar-refractivity contribution is 7.92. The number of hydrogen-bond acceptors (Lipinski definition) is 3. The van der Waals surface area contributed by atoms with E-state index in [1.54, 1.807) is 0 Å². The molecule has 0 atom stereocenters. The largest absolute Gasteiger partial charge is 0.298 e. The van der Waals surface area contributed by atoms with Crippen molar-refractivity contribution in [3.8, 4) is 0 Å². The SMILES string of the molecule is C=CS(=O)(=O)N1CCN(C2CC2)CC1. The van der Waals surface area contributed by atoms with Gasteiger partial charge < -0.3 is 0 Å². The molecule has 80 valence electrons. The van der Waals surface area contributed by atoms with Gasteiger partial charge in [0.2, 0.25) is 10.0 Å². The Balaban J connectivity index is 1.92. The monoisotopic (exact) mass is 216 g/mol. The van der Waals surface area contributed by atoms with Gasteiger partial charge in [-0.25, -0.2) is 8.42 Å². The zero-order chi connectivity index (χ0) is 10.2. The Kier molecular flexibility index (Phi) is 2.64. The molecule has 5 heteroatoms. The number of hydrogen-bond donors (Lipinski definition) is 0. The van der Waals surface area contributed by atoms with E-state index >= 15 is 0 Å². The molecular formula is C9H16N2O2S. The van der Waals surface area contributed by atoms with Crippen LogP contribution >= 0.6 is 0 Å². The van der Waals surface area contributed by atoms with Crippen molar-refractivity contribution >= 4 is 10.0 Å². The van der Waals surface area contributed by atoms with Gasteiger partial charge in [0.25, 0.3) is 0 Å². The summed E-state index contributed by atoms with van der Waals surface area (Å²) in [5, 5.41) is 1.04. The lowest BCUT2D eigenvalue weighted by Crippen LogP contribution is -2.48. The first kappa shape index (κ1) is 10.1. The zero-order valence-corrected chi connectivity index (χ0v) is 9.04. The maximum Gasteiger partial charge on any atom is 0.235 e. The molecule has 1 saturated carbocycles. The van der Waals surface area contributed by atoms with Crippen LogP contribution < -0.4 is 0 Å². The molecule has 2 rings (SSSR count). The molecule has 0 bridgehead atoms. The highest BCUT2D eigenvalue weighted by Crippen LogP contribution is 2.27. The van der Waals surface area contributed by atoms with Crippen LogP contribution in [0.15, 0.2) is 12.0 Å². The Morgan fingerprint density at radius 2 is 1.71 bits per heavy atom. The minimum absolute atomic E-state index is 0.616. The fourth-order valence-electron chi connectivity index (χ4n) is 1.87. The van der Waals surface area contributed by atoms with Crippen LogP contribution in [0.25, 0.3) is 0 Å². The van der Waals surface area contributed by atoms with E-state index in [1.807, 2.05) is 0 Å². The zero-order valence-electron chi connectivity index (χ0n) is 8.22. The first-order valence-corrected chi connectivity index (χ1v) is 6.50. The van der Waals surface area contributed by atoms with Crippen LogP contribution in [0.4, 0.5) is 0 Å². The lowest BCUT2D eigenvalue weighted by Gasteiger charge is -2.33. The Morgan fingerprint density at radius 3 is 2.14 bits per heavy atom. The molecule has 0 spiro atoms. The molecular weight excluding hydrogens is 200 g/mol. The summed E-state index contributed by atoms with van der Waals surface area (Å²) in [5.74, 6) is 0. The van der Waals surface area contributed by atoms with E-state index in [2.05, 4.69) is 11.5 Å². The van der Waals surface area contributed by atoms with Gasteiger partial charge in [-0.05, 0) is 12.8 Å². The molecule has 0 aromatic rings. The van der Waals surface area contributed by atoms with E-state index in [-0.39, 0.29) is 0 Å². The van der Waals surface area contributed by atoms with Gasteiger partial charge in [0, 0.05) is 37.6 Å². The molecule has 1 aliphatic carbocycles. The summed E-state index contributed by atoms with van der Waals surface area (Å²) < 4.78 is 24.4. The van der Waals surface area contributed by atoms with E-state index in [0.29, 0.717) is 13.1 Å². The molecule has 0 unspecified atom stereocenters. The number of rotatable bonds is 3. The third kappa shape index (κ3) is 1.99. The second kappa shape index (κ2) is 3.64. The lowest BCUT2D eigenvalue weighted by atomic mass is 10.3. The van der Waals surface area contributed by atoms with Gasteiger partial charge in [-0.15, -0.1) is 0 Å². The van der Waals surface area contributed by atoms with Crippen LogP contribution in [0.5, 0.6) is 0 Å². The Morgan fingerprint density at radius 1 is 1.14 bits per heavy atom. The van der Waals surface area contributed by atoms with Crippen molar-refractivity contribution in [2.45, 2.75) is 18.9 Å². The van der Waals surface area contributed by atoms with Gasteiger partial charge in [0.15, 0.2) is 0 Å². The first-order chi connectivity index (χ1) is 6.63. The Bertz CT molecular complexity index is 314. The van der Waals surface area contributed by atoms with E-state index in [9.17, 15) is 8.42 Å². The van der Waals surface area contributed by atoms with Crippen LogP contribution in [0.3, 0.4) is 0 Å². The molecule has 1 saturated heterocycles. The topological polar surface area (TPSA) is 40.6 Å². The Labute approximate surface area is 85.2 Å². The van der Waals surface area contributed by atoms with E-state index in [0.717, 1.165) is 24.5 Å². The lowest BCUT2D eigenvalue weighted by molar-refractivity contribution is 0.181. The second-order valence-corrected chi connectivity index (χ2v) is 5.76. The van der Waals surface area contributed by atoms with Crippen molar-refractivity contribution < 1.29 is 8.42 Å². The van der Waals surface area contributed by atoms with Gasteiger partial charge in [-0.1, -0.05) is 6.58 Å². The maximum absolute atomic E-state index is 11.4. The predicted octanol–water partition coefficient (Wildman–Crippen LogP) is 0.240. The van der Waals surface area contributed by atoms with Crippen molar-refractivity contribution in [2.75, 3.05) is 26.2 Å². The Hall–Kier alpha value is -0.390. The quantitative estimate of drug-likeness (QED) is 0.678. The molecule has 2 aliphatic rings. The number of piperazine rings is 1. The van der Waals surface area contributed by atoms with Crippen molar-refractivity contribution in [1.82, 2.24) is 9.21 Å². The molecule has 14 heavy (non-hydrogen) atoms. The summed E-state index contributed by atoms with van der Waals surface area (Å²) in [4.78, 5) is 2.38. The van der Waals surface area contributed by atoms with Gasteiger partial charge in [-0.2, -0.15) is 4.31 Å². The van der Waals surface area contributed by atoms with Gasteiger partial charge in [-0.3, -0.25) is 4.90 Å². The number of sulfonamides is 1. The van der Waals surface area contributed by atoms with Crippen molar-refractivity contribution in [3.63, 3.8) is 0 Å². The molecule has 0 N–H and O–H groups in total. The van der Waals surface area contributed by atoms with E-state index in [1.165, 1.54) is 17.1 Å². The standard InChI is InChI=1S/C9H16N2O2S/c1-2-14(12,13)11-7-5-10(6-8-11)9-3-4-9/h2,9H,1,3-8H2. The van der Waals surface area contributed by atoms with Crippen LogP contribution in [-0.4, -0.2) is 49.8 Å². The minimum Gasteiger partial charge on any atom is -0.298 e. The van der Waals surface area contributed by atoms with Crippen molar-refractivity contribution in [2.24, 2.45) is 0 Å². The average Bonchev–Trinajstić information content (AvgIpc) is 3.01. The van der Waals surface area contributed by atoms with Gasteiger partial charge in [0.05, 0.1) is 0 Å². The van der Waals surface area contributed by atoms with Gasteiger partial charge >= 0.3 is 0 Å². The predicted molar refractivity (Wildman–Crippen MR) is 55.3 cm³/mol. The fraction of sp³-hybridized carbons (Fsp3) is 0.778.